The molecule has 10 heteroatoms. The molecule has 0 saturated carbocycles. The number of aromatic nitrogens is 3. The predicted molar refractivity (Wildman–Crippen MR) is 126 cm³/mol. The Morgan fingerprint density at radius 1 is 1.18 bits per heavy atom. The minimum absolute atomic E-state index is 0.131. The van der Waals surface area contributed by atoms with E-state index in [1.54, 1.807) is 42.9 Å². The summed E-state index contributed by atoms with van der Waals surface area (Å²) in [4.78, 5) is 12.6. The van der Waals surface area contributed by atoms with Crippen molar-refractivity contribution >= 4 is 35.0 Å². The molecule has 2 aromatic carbocycles. The second-order valence-electron chi connectivity index (χ2n) is 6.80. The monoisotopic (exact) mass is 484 g/mol. The molecule has 0 saturated heterocycles. The molecule has 1 N–H and O–H groups in total. The molecule has 0 spiro atoms. The number of anilines is 1. The molecule has 2 heterocycles. The summed E-state index contributed by atoms with van der Waals surface area (Å²) in [6.07, 6.45) is 3.21. The van der Waals surface area contributed by atoms with E-state index in [0.29, 0.717) is 40.5 Å². The fourth-order valence-corrected chi connectivity index (χ4v) is 3.82. The average Bonchev–Trinajstić information content (AvgIpc) is 3.48. The number of halogens is 1. The first kappa shape index (κ1) is 22.8. The summed E-state index contributed by atoms with van der Waals surface area (Å²) in [5, 5.41) is 12.0. The highest BCUT2D eigenvalue weighted by Gasteiger charge is 2.13. The lowest BCUT2D eigenvalue weighted by Gasteiger charge is -2.13. The van der Waals surface area contributed by atoms with Gasteiger partial charge in [0.2, 0.25) is 5.91 Å². The third-order valence-corrected chi connectivity index (χ3v) is 5.61. The molecular formula is C23H21ClN4O4S. The number of benzene rings is 2. The molecule has 0 radical (unpaired) electrons. The first-order valence-corrected chi connectivity index (χ1v) is 11.5. The van der Waals surface area contributed by atoms with Gasteiger partial charge in [0, 0.05) is 5.02 Å². The maximum absolute atomic E-state index is 12.6. The SMILES string of the molecule is CCOc1ccc(Oc2ccc(Cl)cc2NC(=O)CSc2nncn2Cc2ccco2)cc1. The second-order valence-corrected chi connectivity index (χ2v) is 8.18. The highest BCUT2D eigenvalue weighted by molar-refractivity contribution is 7.99. The first-order chi connectivity index (χ1) is 16.1. The third-order valence-electron chi connectivity index (χ3n) is 4.40. The van der Waals surface area contributed by atoms with Crippen molar-refractivity contribution < 1.29 is 18.7 Å². The Labute approximate surface area is 199 Å². The minimum Gasteiger partial charge on any atom is -0.494 e. The molecule has 0 bridgehead atoms. The zero-order chi connectivity index (χ0) is 23.0. The van der Waals surface area contributed by atoms with Crippen LogP contribution in [0.5, 0.6) is 17.2 Å². The molecule has 0 aliphatic rings. The summed E-state index contributed by atoms with van der Waals surface area (Å²) in [5.41, 5.74) is 0.471. The topological polar surface area (TPSA) is 91.4 Å². The van der Waals surface area contributed by atoms with Crippen LogP contribution in [0.2, 0.25) is 5.02 Å². The summed E-state index contributed by atoms with van der Waals surface area (Å²) in [7, 11) is 0. The molecule has 0 atom stereocenters. The van der Waals surface area contributed by atoms with Crippen molar-refractivity contribution in [2.24, 2.45) is 0 Å². The lowest BCUT2D eigenvalue weighted by Crippen LogP contribution is -2.15. The summed E-state index contributed by atoms with van der Waals surface area (Å²) in [5.74, 6) is 2.51. The van der Waals surface area contributed by atoms with Gasteiger partial charge in [0.25, 0.3) is 0 Å². The quantitative estimate of drug-likeness (QED) is 0.297. The zero-order valence-corrected chi connectivity index (χ0v) is 19.3. The van der Waals surface area contributed by atoms with Gasteiger partial charge in [-0.05, 0) is 61.5 Å². The number of hydrogen-bond donors (Lipinski definition) is 1. The zero-order valence-electron chi connectivity index (χ0n) is 17.7. The highest BCUT2D eigenvalue weighted by Crippen LogP contribution is 2.33. The van der Waals surface area contributed by atoms with Crippen molar-refractivity contribution in [3.05, 3.63) is 78.0 Å². The van der Waals surface area contributed by atoms with Crippen LogP contribution >= 0.6 is 23.4 Å². The Kier molecular flexibility index (Phi) is 7.54. The Bertz CT molecular complexity index is 1200. The molecular weight excluding hydrogens is 464 g/mol. The summed E-state index contributed by atoms with van der Waals surface area (Å²) < 4.78 is 18.6. The number of amides is 1. The van der Waals surface area contributed by atoms with E-state index in [0.717, 1.165) is 11.5 Å². The lowest BCUT2D eigenvalue weighted by atomic mass is 10.2. The van der Waals surface area contributed by atoms with Crippen molar-refractivity contribution in [1.82, 2.24) is 14.8 Å². The summed E-state index contributed by atoms with van der Waals surface area (Å²) in [6.45, 7) is 3.00. The van der Waals surface area contributed by atoms with Crippen LogP contribution in [0.4, 0.5) is 5.69 Å². The number of nitrogens with one attached hydrogen (secondary N) is 1. The third kappa shape index (κ3) is 6.30. The first-order valence-electron chi connectivity index (χ1n) is 10.1. The largest absolute Gasteiger partial charge is 0.494 e. The van der Waals surface area contributed by atoms with E-state index in [2.05, 4.69) is 15.5 Å². The van der Waals surface area contributed by atoms with Gasteiger partial charge in [-0.15, -0.1) is 10.2 Å². The van der Waals surface area contributed by atoms with Crippen molar-refractivity contribution in [3.63, 3.8) is 0 Å². The Balaban J connectivity index is 1.39. The molecule has 8 nitrogen and oxygen atoms in total. The van der Waals surface area contributed by atoms with Gasteiger partial charge in [-0.2, -0.15) is 0 Å². The fraction of sp³-hybridized carbons (Fsp3) is 0.174. The average molecular weight is 485 g/mol. The molecule has 2 aromatic heterocycles. The van der Waals surface area contributed by atoms with E-state index in [4.69, 9.17) is 25.5 Å². The molecule has 0 unspecified atom stereocenters. The van der Waals surface area contributed by atoms with Crippen molar-refractivity contribution in [1.29, 1.82) is 0 Å². The Hall–Kier alpha value is -3.43. The van der Waals surface area contributed by atoms with Gasteiger partial charge in [-0.25, -0.2) is 0 Å². The van der Waals surface area contributed by atoms with Crippen molar-refractivity contribution in [3.8, 4) is 17.2 Å². The number of carbonyl (C=O) groups excluding carboxylic acids is 1. The number of nitrogens with zero attached hydrogens (tertiary/aromatic N) is 3. The van der Waals surface area contributed by atoms with E-state index >= 15 is 0 Å². The lowest BCUT2D eigenvalue weighted by molar-refractivity contribution is -0.113. The van der Waals surface area contributed by atoms with Crippen LogP contribution in [0.1, 0.15) is 12.7 Å². The van der Waals surface area contributed by atoms with Gasteiger partial charge < -0.3 is 23.8 Å². The molecule has 0 aliphatic heterocycles. The normalized spacial score (nSPS) is 10.7. The van der Waals surface area contributed by atoms with Crippen LogP contribution in [0, 0.1) is 0 Å². The van der Waals surface area contributed by atoms with E-state index < -0.39 is 0 Å². The Morgan fingerprint density at radius 2 is 2.00 bits per heavy atom. The maximum Gasteiger partial charge on any atom is 0.234 e. The van der Waals surface area contributed by atoms with Gasteiger partial charge in [-0.1, -0.05) is 23.4 Å². The van der Waals surface area contributed by atoms with Gasteiger partial charge in [0.05, 0.1) is 30.9 Å². The minimum atomic E-state index is -0.230. The van der Waals surface area contributed by atoms with Crippen LogP contribution in [0.15, 0.2) is 76.8 Å². The molecule has 170 valence electrons. The summed E-state index contributed by atoms with van der Waals surface area (Å²) >= 11 is 7.42. The number of thioether (sulfide) groups is 1. The van der Waals surface area contributed by atoms with Crippen LogP contribution in [-0.4, -0.2) is 33.0 Å². The van der Waals surface area contributed by atoms with Gasteiger partial charge >= 0.3 is 0 Å². The number of rotatable bonds is 10. The van der Waals surface area contributed by atoms with E-state index in [1.165, 1.54) is 11.8 Å². The van der Waals surface area contributed by atoms with Gasteiger partial charge in [0.15, 0.2) is 10.9 Å². The number of carbonyl (C=O) groups is 1. The summed E-state index contributed by atoms with van der Waals surface area (Å²) in [6, 6.07) is 16.0. The standard InChI is InChI=1S/C23H21ClN4O4S/c1-2-30-17-6-8-18(9-7-17)32-21-10-5-16(24)12-20(21)26-22(29)14-33-23-27-25-15-28(23)13-19-4-3-11-31-19/h3-12,15H,2,13-14H2,1H3,(H,26,29). The maximum atomic E-state index is 12.6. The number of hydrogen-bond acceptors (Lipinski definition) is 7. The van der Waals surface area contributed by atoms with Gasteiger partial charge in [0.1, 0.15) is 23.6 Å². The van der Waals surface area contributed by atoms with Crippen LogP contribution < -0.4 is 14.8 Å². The number of ether oxygens (including phenoxy) is 2. The van der Waals surface area contributed by atoms with E-state index in [9.17, 15) is 4.79 Å². The highest BCUT2D eigenvalue weighted by atomic mass is 35.5. The van der Waals surface area contributed by atoms with Crippen LogP contribution in [0.25, 0.3) is 0 Å². The van der Waals surface area contributed by atoms with Gasteiger partial charge in [-0.3, -0.25) is 4.79 Å². The van der Waals surface area contributed by atoms with Crippen LogP contribution in [0.3, 0.4) is 0 Å². The van der Waals surface area contributed by atoms with E-state index in [1.807, 2.05) is 35.8 Å². The molecule has 1 amide bonds. The van der Waals surface area contributed by atoms with Crippen molar-refractivity contribution in [2.75, 3.05) is 17.7 Å². The van der Waals surface area contributed by atoms with Crippen LogP contribution in [-0.2, 0) is 11.3 Å². The molecule has 33 heavy (non-hydrogen) atoms. The van der Waals surface area contributed by atoms with E-state index in [-0.39, 0.29) is 11.7 Å². The molecule has 0 aliphatic carbocycles. The second kappa shape index (κ2) is 10.9. The molecule has 4 rings (SSSR count). The van der Waals surface area contributed by atoms with Crippen molar-refractivity contribution in [2.45, 2.75) is 18.6 Å². The Morgan fingerprint density at radius 3 is 2.76 bits per heavy atom. The predicted octanol–water partition coefficient (Wildman–Crippen LogP) is 5.49. The molecule has 4 aromatic rings. The molecule has 0 fully saturated rings. The number of furan rings is 1. The fourth-order valence-electron chi connectivity index (χ4n) is 2.94. The smallest absolute Gasteiger partial charge is 0.234 e.